The van der Waals surface area contributed by atoms with Crippen LogP contribution in [0.3, 0.4) is 0 Å². The third kappa shape index (κ3) is 3.19. The third-order valence-electron chi connectivity index (χ3n) is 2.60. The predicted molar refractivity (Wildman–Crippen MR) is 72.3 cm³/mol. The van der Waals surface area contributed by atoms with Crippen molar-refractivity contribution in [3.63, 3.8) is 0 Å². The lowest BCUT2D eigenvalue weighted by molar-refractivity contribution is -0.134. The summed E-state index contributed by atoms with van der Waals surface area (Å²) >= 11 is 0. The summed E-state index contributed by atoms with van der Waals surface area (Å²) in [6.45, 7) is 2.47. The Hall–Kier alpha value is -2.83. The van der Waals surface area contributed by atoms with Gasteiger partial charge in [0.05, 0.1) is 12.6 Å². The van der Waals surface area contributed by atoms with E-state index in [9.17, 15) is 14.4 Å². The van der Waals surface area contributed by atoms with E-state index in [4.69, 9.17) is 9.47 Å². The molecule has 0 radical (unpaired) electrons. The molecule has 110 valence electrons. The number of rotatable bonds is 3. The van der Waals surface area contributed by atoms with E-state index in [0.717, 1.165) is 0 Å². The molecule has 0 bridgehead atoms. The van der Waals surface area contributed by atoms with Gasteiger partial charge < -0.3 is 19.2 Å². The first-order valence-corrected chi connectivity index (χ1v) is 6.02. The van der Waals surface area contributed by atoms with Crippen LogP contribution in [-0.4, -0.2) is 30.0 Å². The number of ether oxygens (including phenoxy) is 3. The monoisotopic (exact) mass is 291 g/mol. The molecule has 0 aliphatic rings. The van der Waals surface area contributed by atoms with Gasteiger partial charge in [-0.3, -0.25) is 9.59 Å². The van der Waals surface area contributed by atoms with Crippen LogP contribution in [0.2, 0.25) is 0 Å². The SMILES string of the molecule is COC(=O)c1cc2cc(OC(C)=O)c(OC(C)=O)cc2[nH]1. The largest absolute Gasteiger partial charge is 0.464 e. The van der Waals surface area contributed by atoms with Crippen LogP contribution in [0.1, 0.15) is 24.3 Å². The Morgan fingerprint density at radius 3 is 2.05 bits per heavy atom. The first-order valence-electron chi connectivity index (χ1n) is 6.02. The highest BCUT2D eigenvalue weighted by atomic mass is 16.6. The van der Waals surface area contributed by atoms with E-state index < -0.39 is 17.9 Å². The van der Waals surface area contributed by atoms with Crippen molar-refractivity contribution in [1.82, 2.24) is 4.98 Å². The van der Waals surface area contributed by atoms with Crippen LogP contribution in [0.4, 0.5) is 0 Å². The van der Waals surface area contributed by atoms with E-state index in [1.54, 1.807) is 6.07 Å². The number of hydrogen-bond acceptors (Lipinski definition) is 6. The van der Waals surface area contributed by atoms with Gasteiger partial charge in [0.15, 0.2) is 11.5 Å². The average molecular weight is 291 g/mol. The molecular weight excluding hydrogens is 278 g/mol. The number of H-pyrrole nitrogens is 1. The topological polar surface area (TPSA) is 94.7 Å². The number of fused-ring (bicyclic) bond motifs is 1. The van der Waals surface area contributed by atoms with E-state index in [-0.39, 0.29) is 17.2 Å². The van der Waals surface area contributed by atoms with Crippen LogP contribution in [0.25, 0.3) is 10.9 Å². The zero-order valence-corrected chi connectivity index (χ0v) is 11.7. The Bertz CT molecular complexity index is 677. The highest BCUT2D eigenvalue weighted by Crippen LogP contribution is 2.33. The second-order valence-electron chi connectivity index (χ2n) is 4.25. The molecule has 21 heavy (non-hydrogen) atoms. The molecule has 0 saturated carbocycles. The van der Waals surface area contributed by atoms with Gasteiger partial charge in [-0.15, -0.1) is 0 Å². The van der Waals surface area contributed by atoms with Crippen LogP contribution in [-0.2, 0) is 14.3 Å². The maximum atomic E-state index is 11.5. The maximum absolute atomic E-state index is 11.5. The summed E-state index contributed by atoms with van der Waals surface area (Å²) in [6.07, 6.45) is 0. The van der Waals surface area contributed by atoms with Crippen LogP contribution >= 0.6 is 0 Å². The van der Waals surface area contributed by atoms with Crippen LogP contribution in [0, 0.1) is 0 Å². The second kappa shape index (κ2) is 5.66. The molecule has 0 aliphatic carbocycles. The van der Waals surface area contributed by atoms with Gasteiger partial charge in [0.25, 0.3) is 0 Å². The van der Waals surface area contributed by atoms with Gasteiger partial charge in [-0.1, -0.05) is 0 Å². The van der Waals surface area contributed by atoms with Crippen LogP contribution in [0.5, 0.6) is 11.5 Å². The number of carbonyl (C=O) groups excluding carboxylic acids is 3. The number of nitrogens with one attached hydrogen (secondary N) is 1. The number of aromatic nitrogens is 1. The maximum Gasteiger partial charge on any atom is 0.354 e. The van der Waals surface area contributed by atoms with Gasteiger partial charge >= 0.3 is 17.9 Å². The Morgan fingerprint density at radius 1 is 0.952 bits per heavy atom. The quantitative estimate of drug-likeness (QED) is 0.684. The van der Waals surface area contributed by atoms with Crippen molar-refractivity contribution in [3.8, 4) is 11.5 Å². The Morgan fingerprint density at radius 2 is 1.52 bits per heavy atom. The second-order valence-corrected chi connectivity index (χ2v) is 4.25. The molecule has 0 saturated heterocycles. The standard InChI is InChI=1S/C14H13NO6/c1-7(16)20-12-5-9-4-11(14(18)19-3)15-10(9)6-13(12)21-8(2)17/h4-6,15H,1-3H3. The summed E-state index contributed by atoms with van der Waals surface area (Å²) in [6, 6.07) is 4.52. The summed E-state index contributed by atoms with van der Waals surface area (Å²) in [4.78, 5) is 36.5. The van der Waals surface area contributed by atoms with Gasteiger partial charge in [0.1, 0.15) is 5.69 Å². The highest BCUT2D eigenvalue weighted by Gasteiger charge is 2.16. The molecule has 1 heterocycles. The number of esters is 3. The first-order chi connectivity index (χ1) is 9.90. The fraction of sp³-hybridized carbons (Fsp3) is 0.214. The van der Waals surface area contributed by atoms with Gasteiger partial charge in [-0.25, -0.2) is 4.79 Å². The van der Waals surface area contributed by atoms with E-state index in [2.05, 4.69) is 9.72 Å². The lowest BCUT2D eigenvalue weighted by atomic mass is 10.2. The Balaban J connectivity index is 2.54. The number of hydrogen-bond donors (Lipinski definition) is 1. The molecule has 1 N–H and O–H groups in total. The molecule has 0 aliphatic heterocycles. The lowest BCUT2D eigenvalue weighted by Gasteiger charge is -2.08. The molecule has 2 rings (SSSR count). The van der Waals surface area contributed by atoms with Crippen molar-refractivity contribution in [2.45, 2.75) is 13.8 Å². The van der Waals surface area contributed by atoms with E-state index >= 15 is 0 Å². The first kappa shape index (κ1) is 14.6. The predicted octanol–water partition coefficient (Wildman–Crippen LogP) is 1.81. The number of carbonyl (C=O) groups is 3. The minimum atomic E-state index is -0.553. The van der Waals surface area contributed by atoms with E-state index in [1.165, 1.54) is 33.1 Å². The molecule has 1 aromatic heterocycles. The van der Waals surface area contributed by atoms with E-state index in [0.29, 0.717) is 10.9 Å². The minimum absolute atomic E-state index is 0.0865. The number of benzene rings is 1. The average Bonchev–Trinajstić information content (AvgIpc) is 2.79. The zero-order chi connectivity index (χ0) is 15.6. The smallest absolute Gasteiger partial charge is 0.354 e. The number of methoxy groups -OCH3 is 1. The van der Waals surface area contributed by atoms with Crippen molar-refractivity contribution < 1.29 is 28.6 Å². The summed E-state index contributed by atoms with van der Waals surface area (Å²) in [5.41, 5.74) is 0.781. The molecule has 0 spiro atoms. The summed E-state index contributed by atoms with van der Waals surface area (Å²) in [7, 11) is 1.27. The summed E-state index contributed by atoms with van der Waals surface area (Å²) < 4.78 is 14.6. The van der Waals surface area contributed by atoms with Gasteiger partial charge in [-0.05, 0) is 12.1 Å². The molecule has 2 aromatic rings. The normalized spacial score (nSPS) is 10.2. The lowest BCUT2D eigenvalue weighted by Crippen LogP contribution is -2.07. The summed E-state index contributed by atoms with van der Waals surface area (Å²) in [5.74, 6) is -1.45. The molecule has 0 amide bonds. The third-order valence-corrected chi connectivity index (χ3v) is 2.60. The van der Waals surface area contributed by atoms with Gasteiger partial charge in [-0.2, -0.15) is 0 Å². The minimum Gasteiger partial charge on any atom is -0.464 e. The van der Waals surface area contributed by atoms with Gasteiger partial charge in [0.2, 0.25) is 0 Å². The molecular formula is C14H13NO6. The van der Waals surface area contributed by atoms with Crippen molar-refractivity contribution in [2.24, 2.45) is 0 Å². The Kier molecular flexibility index (Phi) is 3.93. The van der Waals surface area contributed by atoms with Crippen molar-refractivity contribution >= 4 is 28.8 Å². The zero-order valence-electron chi connectivity index (χ0n) is 11.7. The van der Waals surface area contributed by atoms with Crippen molar-refractivity contribution in [2.75, 3.05) is 7.11 Å². The molecule has 1 aromatic carbocycles. The fourth-order valence-electron chi connectivity index (χ4n) is 1.83. The molecule has 0 unspecified atom stereocenters. The van der Waals surface area contributed by atoms with E-state index in [1.807, 2.05) is 0 Å². The summed E-state index contributed by atoms with van der Waals surface area (Å²) in [5, 5.41) is 0.613. The highest BCUT2D eigenvalue weighted by molar-refractivity contribution is 5.96. The van der Waals surface area contributed by atoms with Crippen LogP contribution < -0.4 is 9.47 Å². The molecule has 7 heteroatoms. The van der Waals surface area contributed by atoms with Crippen molar-refractivity contribution in [3.05, 3.63) is 23.9 Å². The molecule has 7 nitrogen and oxygen atoms in total. The van der Waals surface area contributed by atoms with Gasteiger partial charge in [0, 0.05) is 25.3 Å². The number of aromatic amines is 1. The Labute approximate surface area is 119 Å². The van der Waals surface area contributed by atoms with Crippen LogP contribution in [0.15, 0.2) is 18.2 Å². The molecule has 0 fully saturated rings. The fourth-order valence-corrected chi connectivity index (χ4v) is 1.83. The molecule has 0 atom stereocenters. The van der Waals surface area contributed by atoms with Crippen molar-refractivity contribution in [1.29, 1.82) is 0 Å².